The minimum Gasteiger partial charge on any atom is -0.378 e. The van der Waals surface area contributed by atoms with Crippen molar-refractivity contribution in [2.24, 2.45) is 0 Å². The van der Waals surface area contributed by atoms with Crippen LogP contribution in [0.25, 0.3) is 6.08 Å². The number of anilines is 1. The first-order valence-corrected chi connectivity index (χ1v) is 7.62. The van der Waals surface area contributed by atoms with Crippen LogP contribution in [0.5, 0.6) is 0 Å². The third kappa shape index (κ3) is 3.66. The van der Waals surface area contributed by atoms with Crippen molar-refractivity contribution in [1.82, 2.24) is 5.32 Å². The molecule has 0 aromatic heterocycles. The minimum atomic E-state index is -0.276. The zero-order chi connectivity index (χ0) is 15.4. The van der Waals surface area contributed by atoms with Gasteiger partial charge < -0.3 is 15.0 Å². The van der Waals surface area contributed by atoms with E-state index in [0.29, 0.717) is 0 Å². The molecule has 1 N–H and O–H groups in total. The van der Waals surface area contributed by atoms with Gasteiger partial charge in [0.05, 0.1) is 13.2 Å². The van der Waals surface area contributed by atoms with Crippen molar-refractivity contribution in [3.05, 3.63) is 35.4 Å². The quantitative estimate of drug-likeness (QED) is 0.679. The van der Waals surface area contributed by atoms with Gasteiger partial charge in [0.1, 0.15) is 11.6 Å². The van der Waals surface area contributed by atoms with E-state index >= 15 is 0 Å². The molecular weight excluding hydrogens is 278 g/mol. The molecule has 1 aromatic rings. The molecule has 1 heterocycles. The van der Waals surface area contributed by atoms with Gasteiger partial charge in [0.2, 0.25) is 0 Å². The van der Waals surface area contributed by atoms with Crippen LogP contribution in [0, 0.1) is 11.3 Å². The maximum Gasteiger partial charge on any atom is 0.262 e. The summed E-state index contributed by atoms with van der Waals surface area (Å²) in [5.74, 6) is -0.276. The Balaban J connectivity index is 1.76. The number of carbonyl (C=O) groups is 1. The third-order valence-electron chi connectivity index (χ3n) is 3.84. The maximum absolute atomic E-state index is 12.0. The first kappa shape index (κ1) is 14.6. The summed E-state index contributed by atoms with van der Waals surface area (Å²) in [6.45, 7) is 3.18. The van der Waals surface area contributed by atoms with E-state index in [4.69, 9.17) is 4.74 Å². The second-order valence-corrected chi connectivity index (χ2v) is 5.61. The highest BCUT2D eigenvalue weighted by atomic mass is 16.5. The van der Waals surface area contributed by atoms with Gasteiger partial charge in [-0.3, -0.25) is 4.79 Å². The zero-order valence-electron chi connectivity index (χ0n) is 12.4. The Morgan fingerprint density at radius 1 is 1.36 bits per heavy atom. The van der Waals surface area contributed by atoms with Gasteiger partial charge in [-0.25, -0.2) is 0 Å². The van der Waals surface area contributed by atoms with E-state index in [1.165, 1.54) is 0 Å². The SMILES string of the molecule is N#C/C(=C\c1cccc(N2CCOCC2)c1)C(=O)NC1CC1. The Labute approximate surface area is 130 Å². The van der Waals surface area contributed by atoms with Gasteiger partial charge >= 0.3 is 0 Å². The highest BCUT2D eigenvalue weighted by molar-refractivity contribution is 6.02. The Morgan fingerprint density at radius 2 is 2.14 bits per heavy atom. The molecule has 1 saturated heterocycles. The molecule has 1 saturated carbocycles. The molecule has 1 aliphatic heterocycles. The molecule has 0 radical (unpaired) electrons. The maximum atomic E-state index is 12.0. The highest BCUT2D eigenvalue weighted by Crippen LogP contribution is 2.21. The number of hydrogen-bond donors (Lipinski definition) is 1. The number of rotatable bonds is 4. The molecule has 114 valence electrons. The molecule has 0 unspecified atom stereocenters. The van der Waals surface area contributed by atoms with Crippen LogP contribution in [0.15, 0.2) is 29.8 Å². The molecule has 0 bridgehead atoms. The van der Waals surface area contributed by atoms with E-state index in [1.807, 2.05) is 30.3 Å². The van der Waals surface area contributed by atoms with Gasteiger partial charge in [-0.05, 0) is 36.6 Å². The van der Waals surface area contributed by atoms with Crippen LogP contribution in [0.1, 0.15) is 18.4 Å². The summed E-state index contributed by atoms with van der Waals surface area (Å²) in [6, 6.07) is 10.2. The molecular formula is C17H19N3O2. The lowest BCUT2D eigenvalue weighted by molar-refractivity contribution is -0.117. The van der Waals surface area contributed by atoms with Crippen molar-refractivity contribution in [3.63, 3.8) is 0 Å². The van der Waals surface area contributed by atoms with E-state index in [0.717, 1.165) is 50.4 Å². The normalized spacial score (nSPS) is 18.7. The lowest BCUT2D eigenvalue weighted by Gasteiger charge is -2.29. The molecule has 2 fully saturated rings. The zero-order valence-corrected chi connectivity index (χ0v) is 12.4. The first-order valence-electron chi connectivity index (χ1n) is 7.62. The molecule has 5 heteroatoms. The number of nitrogens with zero attached hydrogens (tertiary/aromatic N) is 2. The first-order chi connectivity index (χ1) is 10.8. The molecule has 1 amide bonds. The Kier molecular flexibility index (Phi) is 4.40. The molecule has 0 atom stereocenters. The van der Waals surface area contributed by atoms with Gasteiger partial charge in [0, 0.05) is 24.8 Å². The topological polar surface area (TPSA) is 65.4 Å². The average Bonchev–Trinajstić information content (AvgIpc) is 3.37. The Morgan fingerprint density at radius 3 is 2.82 bits per heavy atom. The van der Waals surface area contributed by atoms with Crippen molar-refractivity contribution in [3.8, 4) is 6.07 Å². The van der Waals surface area contributed by atoms with E-state index in [1.54, 1.807) is 6.08 Å². The fraction of sp³-hybridized carbons (Fsp3) is 0.412. The summed E-state index contributed by atoms with van der Waals surface area (Å²) in [6.07, 6.45) is 3.68. The summed E-state index contributed by atoms with van der Waals surface area (Å²) < 4.78 is 5.36. The number of hydrogen-bond acceptors (Lipinski definition) is 4. The molecule has 5 nitrogen and oxygen atoms in total. The fourth-order valence-electron chi connectivity index (χ4n) is 2.44. The summed E-state index contributed by atoms with van der Waals surface area (Å²) in [7, 11) is 0. The summed E-state index contributed by atoms with van der Waals surface area (Å²) >= 11 is 0. The minimum absolute atomic E-state index is 0.158. The molecule has 3 rings (SSSR count). The summed E-state index contributed by atoms with van der Waals surface area (Å²) in [5.41, 5.74) is 2.12. The van der Waals surface area contributed by atoms with Gasteiger partial charge in [-0.15, -0.1) is 0 Å². The second-order valence-electron chi connectivity index (χ2n) is 5.61. The van der Waals surface area contributed by atoms with Crippen LogP contribution >= 0.6 is 0 Å². The summed E-state index contributed by atoms with van der Waals surface area (Å²) in [5, 5.41) is 12.0. The number of amides is 1. The Hall–Kier alpha value is -2.32. The van der Waals surface area contributed by atoms with Crippen LogP contribution in [-0.2, 0) is 9.53 Å². The van der Waals surface area contributed by atoms with E-state index in [-0.39, 0.29) is 17.5 Å². The van der Waals surface area contributed by atoms with Gasteiger partial charge in [-0.1, -0.05) is 12.1 Å². The van der Waals surface area contributed by atoms with Crippen LogP contribution in [0.3, 0.4) is 0 Å². The van der Waals surface area contributed by atoms with Crippen LogP contribution in [0.2, 0.25) is 0 Å². The lowest BCUT2D eigenvalue weighted by atomic mass is 10.1. The van der Waals surface area contributed by atoms with Crippen molar-refractivity contribution in [1.29, 1.82) is 5.26 Å². The van der Waals surface area contributed by atoms with E-state index in [2.05, 4.69) is 10.2 Å². The number of nitrogens with one attached hydrogen (secondary N) is 1. The standard InChI is InChI=1S/C17H19N3O2/c18-12-14(17(21)19-15-4-5-15)10-13-2-1-3-16(11-13)20-6-8-22-9-7-20/h1-3,10-11,15H,4-9H2,(H,19,21)/b14-10+. The van der Waals surface area contributed by atoms with Crippen LogP contribution in [0.4, 0.5) is 5.69 Å². The monoisotopic (exact) mass is 297 g/mol. The van der Waals surface area contributed by atoms with Crippen molar-refractivity contribution in [2.75, 3.05) is 31.2 Å². The lowest BCUT2D eigenvalue weighted by Crippen LogP contribution is -2.36. The van der Waals surface area contributed by atoms with Gasteiger partial charge in [-0.2, -0.15) is 5.26 Å². The van der Waals surface area contributed by atoms with Crippen molar-refractivity contribution in [2.45, 2.75) is 18.9 Å². The number of benzene rings is 1. The molecule has 1 aliphatic carbocycles. The number of nitriles is 1. The van der Waals surface area contributed by atoms with Crippen molar-refractivity contribution >= 4 is 17.7 Å². The van der Waals surface area contributed by atoms with Crippen LogP contribution < -0.4 is 10.2 Å². The number of morpholine rings is 1. The third-order valence-corrected chi connectivity index (χ3v) is 3.84. The fourth-order valence-corrected chi connectivity index (χ4v) is 2.44. The molecule has 0 spiro atoms. The van der Waals surface area contributed by atoms with Gasteiger partial charge in [0.25, 0.3) is 5.91 Å². The molecule has 2 aliphatic rings. The molecule has 22 heavy (non-hydrogen) atoms. The van der Waals surface area contributed by atoms with Crippen LogP contribution in [-0.4, -0.2) is 38.3 Å². The predicted molar refractivity (Wildman–Crippen MR) is 84.2 cm³/mol. The average molecular weight is 297 g/mol. The number of ether oxygens (including phenoxy) is 1. The highest BCUT2D eigenvalue weighted by Gasteiger charge is 2.24. The Bertz CT molecular complexity index is 623. The largest absolute Gasteiger partial charge is 0.378 e. The second kappa shape index (κ2) is 6.63. The van der Waals surface area contributed by atoms with E-state index < -0.39 is 0 Å². The molecule has 1 aromatic carbocycles. The smallest absolute Gasteiger partial charge is 0.262 e. The summed E-state index contributed by atoms with van der Waals surface area (Å²) in [4.78, 5) is 14.2. The predicted octanol–water partition coefficient (Wildman–Crippen LogP) is 1.71. The van der Waals surface area contributed by atoms with Gasteiger partial charge in [0.15, 0.2) is 0 Å². The van der Waals surface area contributed by atoms with E-state index in [9.17, 15) is 10.1 Å². The number of carbonyl (C=O) groups excluding carboxylic acids is 1. The van der Waals surface area contributed by atoms with Crippen molar-refractivity contribution < 1.29 is 9.53 Å².